The number of furan rings is 1. The van der Waals surface area contributed by atoms with Crippen LogP contribution in [0.3, 0.4) is 0 Å². The second-order valence-electron chi connectivity index (χ2n) is 7.06. The van der Waals surface area contributed by atoms with Crippen LogP contribution in [0.1, 0.15) is 48.2 Å². The molecule has 0 radical (unpaired) electrons. The quantitative estimate of drug-likeness (QED) is 0.483. The zero-order valence-corrected chi connectivity index (χ0v) is 16.9. The number of thioether (sulfide) groups is 1. The fourth-order valence-electron chi connectivity index (χ4n) is 3.63. The first-order valence-electron chi connectivity index (χ1n) is 9.50. The predicted molar refractivity (Wildman–Crippen MR) is 114 cm³/mol. The van der Waals surface area contributed by atoms with E-state index in [1.807, 2.05) is 36.0 Å². The lowest BCUT2D eigenvalue weighted by Crippen LogP contribution is -2.14. The Morgan fingerprint density at radius 2 is 1.96 bits per heavy atom. The molecule has 1 aromatic heterocycles. The van der Waals surface area contributed by atoms with Crippen molar-refractivity contribution in [3.63, 3.8) is 0 Å². The third-order valence-corrected chi connectivity index (χ3v) is 6.73. The molecule has 28 heavy (non-hydrogen) atoms. The highest BCUT2D eigenvalue weighted by Crippen LogP contribution is 2.35. The van der Waals surface area contributed by atoms with Crippen molar-refractivity contribution in [2.75, 3.05) is 5.32 Å². The third kappa shape index (κ3) is 4.20. The minimum absolute atomic E-state index is 0.0840. The van der Waals surface area contributed by atoms with Crippen molar-refractivity contribution in [3.05, 3.63) is 64.6 Å². The van der Waals surface area contributed by atoms with Crippen molar-refractivity contribution in [3.8, 4) is 0 Å². The molecule has 1 amide bonds. The van der Waals surface area contributed by atoms with Crippen molar-refractivity contribution >= 4 is 45.9 Å². The van der Waals surface area contributed by atoms with Crippen molar-refractivity contribution < 1.29 is 13.6 Å². The molecule has 1 aliphatic carbocycles. The minimum atomic E-state index is -0.574. The van der Waals surface area contributed by atoms with E-state index in [0.29, 0.717) is 16.6 Å². The maximum atomic E-state index is 14.1. The first-order chi connectivity index (χ1) is 13.6. The van der Waals surface area contributed by atoms with E-state index in [0.717, 1.165) is 10.9 Å². The zero-order chi connectivity index (χ0) is 19.5. The van der Waals surface area contributed by atoms with E-state index in [1.54, 1.807) is 6.07 Å². The molecule has 146 valence electrons. The molecule has 4 rings (SSSR count). The number of nitrogens with one attached hydrogen (secondary N) is 1. The Balaban J connectivity index is 1.60. The second-order valence-corrected chi connectivity index (χ2v) is 8.78. The molecule has 1 N–H and O–H groups in total. The van der Waals surface area contributed by atoms with Crippen molar-refractivity contribution in [2.45, 2.75) is 43.1 Å². The largest absolute Gasteiger partial charge is 0.451 e. The maximum absolute atomic E-state index is 14.1. The molecule has 0 bridgehead atoms. The number of carbonyl (C=O) groups is 1. The Morgan fingerprint density at radius 3 is 2.75 bits per heavy atom. The van der Waals surface area contributed by atoms with Crippen LogP contribution in [-0.2, 0) is 5.75 Å². The van der Waals surface area contributed by atoms with Crippen LogP contribution < -0.4 is 5.32 Å². The molecular formula is C22H21ClFNO2S. The number of hydrogen-bond donors (Lipinski definition) is 1. The normalized spacial score (nSPS) is 15.1. The van der Waals surface area contributed by atoms with Gasteiger partial charge in [0, 0.05) is 27.0 Å². The number of benzene rings is 2. The topological polar surface area (TPSA) is 42.2 Å². The molecule has 0 atom stereocenters. The Kier molecular flexibility index (Phi) is 5.93. The molecule has 0 unspecified atom stereocenters. The first-order valence-corrected chi connectivity index (χ1v) is 10.9. The van der Waals surface area contributed by atoms with Gasteiger partial charge in [-0.1, -0.05) is 49.1 Å². The van der Waals surface area contributed by atoms with Gasteiger partial charge in [-0.15, -0.1) is 0 Å². The molecule has 0 saturated heterocycles. The highest BCUT2D eigenvalue weighted by atomic mass is 35.5. The Morgan fingerprint density at radius 1 is 1.18 bits per heavy atom. The predicted octanol–water partition coefficient (Wildman–Crippen LogP) is 7.04. The van der Waals surface area contributed by atoms with Crippen LogP contribution in [0.4, 0.5) is 10.1 Å². The van der Waals surface area contributed by atoms with Crippen molar-refractivity contribution in [2.24, 2.45) is 0 Å². The van der Waals surface area contributed by atoms with Gasteiger partial charge in [0.2, 0.25) is 0 Å². The van der Waals surface area contributed by atoms with Crippen LogP contribution in [0.2, 0.25) is 5.02 Å². The molecule has 0 aliphatic heterocycles. The van der Waals surface area contributed by atoms with Gasteiger partial charge in [0.05, 0.1) is 5.69 Å². The van der Waals surface area contributed by atoms with Crippen LogP contribution in [-0.4, -0.2) is 11.2 Å². The van der Waals surface area contributed by atoms with E-state index in [-0.39, 0.29) is 16.5 Å². The van der Waals surface area contributed by atoms with Crippen LogP contribution in [0, 0.1) is 5.82 Å². The molecule has 1 heterocycles. The SMILES string of the molecule is O=C(Nc1ccc(Cl)cc1F)c1oc2ccccc2c1CSC1CCCCC1. The van der Waals surface area contributed by atoms with Gasteiger partial charge >= 0.3 is 0 Å². The first kappa shape index (κ1) is 19.3. The van der Waals surface area contributed by atoms with Gasteiger partial charge in [-0.2, -0.15) is 11.8 Å². The highest BCUT2D eigenvalue weighted by Gasteiger charge is 2.23. The van der Waals surface area contributed by atoms with E-state index < -0.39 is 11.7 Å². The van der Waals surface area contributed by atoms with E-state index in [2.05, 4.69) is 5.32 Å². The van der Waals surface area contributed by atoms with E-state index in [9.17, 15) is 9.18 Å². The average molecular weight is 418 g/mol. The van der Waals surface area contributed by atoms with E-state index in [4.69, 9.17) is 16.0 Å². The Bertz CT molecular complexity index is 997. The number of anilines is 1. The molecule has 2 aromatic carbocycles. The third-order valence-electron chi connectivity index (χ3n) is 5.10. The lowest BCUT2D eigenvalue weighted by molar-refractivity contribution is 0.0997. The zero-order valence-electron chi connectivity index (χ0n) is 15.3. The molecule has 1 aliphatic rings. The van der Waals surface area contributed by atoms with Gasteiger partial charge in [-0.05, 0) is 37.1 Å². The summed E-state index contributed by atoms with van der Waals surface area (Å²) in [5, 5.41) is 4.45. The molecule has 1 fully saturated rings. The van der Waals surface area contributed by atoms with E-state index in [1.165, 1.54) is 44.2 Å². The van der Waals surface area contributed by atoms with Gasteiger partial charge < -0.3 is 9.73 Å². The number of amides is 1. The number of rotatable bonds is 5. The summed E-state index contributed by atoms with van der Waals surface area (Å²) in [4.78, 5) is 12.9. The van der Waals surface area contributed by atoms with Gasteiger partial charge in [0.15, 0.2) is 5.76 Å². The number of halogens is 2. The summed E-state index contributed by atoms with van der Waals surface area (Å²) >= 11 is 7.67. The number of hydrogen-bond acceptors (Lipinski definition) is 3. The standard InChI is InChI=1S/C22H21ClFNO2S/c23-14-10-11-19(18(24)12-14)25-22(26)21-17(13-28-15-6-2-1-3-7-15)16-8-4-5-9-20(16)27-21/h4-5,8-12,15H,1-3,6-7,13H2,(H,25,26). The monoisotopic (exact) mass is 417 g/mol. The van der Waals surface area contributed by atoms with Crippen molar-refractivity contribution in [1.82, 2.24) is 0 Å². The molecule has 0 spiro atoms. The van der Waals surface area contributed by atoms with E-state index >= 15 is 0 Å². The smallest absolute Gasteiger partial charge is 0.291 e. The average Bonchev–Trinajstić information content (AvgIpc) is 3.08. The lowest BCUT2D eigenvalue weighted by Gasteiger charge is -2.20. The lowest BCUT2D eigenvalue weighted by atomic mass is 10.0. The molecule has 3 aromatic rings. The summed E-state index contributed by atoms with van der Waals surface area (Å²) in [5.74, 6) is -0.0707. The summed E-state index contributed by atoms with van der Waals surface area (Å²) in [5.41, 5.74) is 1.63. The summed E-state index contributed by atoms with van der Waals surface area (Å²) < 4.78 is 20.0. The Labute approximate surface area is 172 Å². The van der Waals surface area contributed by atoms with Crippen LogP contribution in [0.15, 0.2) is 46.9 Å². The molecular weight excluding hydrogens is 397 g/mol. The highest BCUT2D eigenvalue weighted by molar-refractivity contribution is 7.99. The molecule has 3 nitrogen and oxygen atoms in total. The number of fused-ring (bicyclic) bond motifs is 1. The summed E-state index contributed by atoms with van der Waals surface area (Å²) in [7, 11) is 0. The molecule has 1 saturated carbocycles. The van der Waals surface area contributed by atoms with Gasteiger partial charge in [0.25, 0.3) is 5.91 Å². The summed E-state index contributed by atoms with van der Waals surface area (Å²) in [6.07, 6.45) is 6.29. The number of para-hydroxylation sites is 1. The second kappa shape index (κ2) is 8.58. The van der Waals surface area contributed by atoms with Crippen LogP contribution in [0.5, 0.6) is 0 Å². The number of carbonyl (C=O) groups excluding carboxylic acids is 1. The van der Waals surface area contributed by atoms with Crippen LogP contribution in [0.25, 0.3) is 11.0 Å². The van der Waals surface area contributed by atoms with Crippen molar-refractivity contribution in [1.29, 1.82) is 0 Å². The molecule has 6 heteroatoms. The minimum Gasteiger partial charge on any atom is -0.451 e. The maximum Gasteiger partial charge on any atom is 0.291 e. The van der Waals surface area contributed by atoms with Gasteiger partial charge in [-0.25, -0.2) is 4.39 Å². The van der Waals surface area contributed by atoms with Gasteiger partial charge in [0.1, 0.15) is 11.4 Å². The summed E-state index contributed by atoms with van der Waals surface area (Å²) in [6.45, 7) is 0. The van der Waals surface area contributed by atoms with Gasteiger partial charge in [-0.3, -0.25) is 4.79 Å². The fourth-order valence-corrected chi connectivity index (χ4v) is 5.14. The van der Waals surface area contributed by atoms with Crippen LogP contribution >= 0.6 is 23.4 Å². The summed E-state index contributed by atoms with van der Waals surface area (Å²) in [6, 6.07) is 11.8. The fraction of sp³-hybridized carbons (Fsp3) is 0.318. The Hall–Kier alpha value is -1.98.